The number of piperidine rings is 1. The van der Waals surface area contributed by atoms with Crippen molar-refractivity contribution >= 4 is 17.5 Å². The van der Waals surface area contributed by atoms with Crippen molar-refractivity contribution in [2.75, 3.05) is 37.7 Å². The van der Waals surface area contributed by atoms with Gasteiger partial charge >= 0.3 is 5.97 Å². The number of carboxylic acids is 1. The van der Waals surface area contributed by atoms with Crippen LogP contribution in [0.4, 0.5) is 11.5 Å². The molecule has 0 aromatic carbocycles. The van der Waals surface area contributed by atoms with E-state index in [1.54, 1.807) is 6.07 Å². The maximum absolute atomic E-state index is 10.9. The van der Waals surface area contributed by atoms with Gasteiger partial charge < -0.3 is 21.1 Å². The lowest BCUT2D eigenvalue weighted by molar-refractivity contribution is 0.0690. The molecule has 1 aromatic rings. The molecule has 0 radical (unpaired) electrons. The van der Waals surface area contributed by atoms with Crippen molar-refractivity contribution in [3.05, 3.63) is 17.8 Å². The van der Waals surface area contributed by atoms with E-state index in [9.17, 15) is 4.79 Å². The third-order valence-corrected chi connectivity index (χ3v) is 3.83. The number of hydrogen-bond donors (Lipinski definition) is 3. The van der Waals surface area contributed by atoms with Gasteiger partial charge in [0.2, 0.25) is 0 Å². The summed E-state index contributed by atoms with van der Waals surface area (Å²) in [6.07, 6.45) is 3.50. The van der Waals surface area contributed by atoms with E-state index in [0.717, 1.165) is 32.0 Å². The lowest BCUT2D eigenvalue weighted by atomic mass is 9.94. The fraction of sp³-hybridized carbons (Fsp3) is 0.571. The molecular weight excluding hydrogens is 256 g/mol. The summed E-state index contributed by atoms with van der Waals surface area (Å²) in [7, 11) is 2.15. The smallest absolute Gasteiger partial charge is 0.354 e. The van der Waals surface area contributed by atoms with E-state index in [0.29, 0.717) is 11.5 Å². The van der Waals surface area contributed by atoms with E-state index >= 15 is 0 Å². The Morgan fingerprint density at radius 1 is 1.50 bits per heavy atom. The molecule has 0 bridgehead atoms. The third kappa shape index (κ3) is 3.84. The van der Waals surface area contributed by atoms with E-state index in [1.807, 2.05) is 0 Å². The van der Waals surface area contributed by atoms with E-state index in [1.165, 1.54) is 18.9 Å². The summed E-state index contributed by atoms with van der Waals surface area (Å²) in [6.45, 7) is 3.08. The van der Waals surface area contributed by atoms with Crippen molar-refractivity contribution in [3.8, 4) is 0 Å². The third-order valence-electron chi connectivity index (χ3n) is 3.83. The molecule has 0 spiro atoms. The van der Waals surface area contributed by atoms with Gasteiger partial charge in [-0.3, -0.25) is 0 Å². The summed E-state index contributed by atoms with van der Waals surface area (Å²) in [6, 6.07) is 2.99. The van der Waals surface area contributed by atoms with Crippen LogP contribution in [0.2, 0.25) is 0 Å². The van der Waals surface area contributed by atoms with Gasteiger partial charge in [0.25, 0.3) is 0 Å². The molecule has 0 saturated carbocycles. The number of aromatic nitrogens is 1. The fourth-order valence-corrected chi connectivity index (χ4v) is 2.48. The van der Waals surface area contributed by atoms with Gasteiger partial charge in [-0.1, -0.05) is 0 Å². The maximum atomic E-state index is 10.9. The number of nitrogens with zero attached hydrogens (tertiary/aromatic N) is 2. The average Bonchev–Trinajstić information content (AvgIpc) is 2.43. The number of carboxylic acid groups (broad SMARTS) is 1. The molecule has 1 aliphatic rings. The summed E-state index contributed by atoms with van der Waals surface area (Å²) in [5.41, 5.74) is 6.30. The van der Waals surface area contributed by atoms with Crippen LogP contribution in [-0.2, 0) is 0 Å². The van der Waals surface area contributed by atoms with Crippen LogP contribution >= 0.6 is 0 Å². The fourth-order valence-electron chi connectivity index (χ4n) is 2.48. The topological polar surface area (TPSA) is 91.5 Å². The second-order valence-electron chi connectivity index (χ2n) is 5.40. The summed E-state index contributed by atoms with van der Waals surface area (Å²) in [4.78, 5) is 17.3. The van der Waals surface area contributed by atoms with Crippen LogP contribution in [0.3, 0.4) is 0 Å². The van der Waals surface area contributed by atoms with Crippen molar-refractivity contribution in [3.63, 3.8) is 0 Å². The van der Waals surface area contributed by atoms with Crippen LogP contribution in [0.5, 0.6) is 0 Å². The highest BCUT2D eigenvalue weighted by atomic mass is 16.4. The van der Waals surface area contributed by atoms with Crippen molar-refractivity contribution in [2.45, 2.75) is 19.3 Å². The molecule has 2 heterocycles. The molecule has 6 heteroatoms. The normalized spacial score (nSPS) is 17.1. The van der Waals surface area contributed by atoms with Crippen LogP contribution in [0.15, 0.2) is 12.1 Å². The Morgan fingerprint density at radius 2 is 2.20 bits per heavy atom. The van der Waals surface area contributed by atoms with Crippen molar-refractivity contribution in [1.29, 1.82) is 0 Å². The van der Waals surface area contributed by atoms with E-state index in [-0.39, 0.29) is 5.69 Å². The molecule has 1 aliphatic heterocycles. The van der Waals surface area contributed by atoms with Crippen LogP contribution in [-0.4, -0.2) is 47.6 Å². The lowest BCUT2D eigenvalue weighted by Gasteiger charge is -2.28. The van der Waals surface area contributed by atoms with Crippen LogP contribution in [0.25, 0.3) is 0 Å². The number of nitrogen functional groups attached to an aromatic ring is 1. The molecule has 20 heavy (non-hydrogen) atoms. The Balaban J connectivity index is 1.84. The van der Waals surface area contributed by atoms with Gasteiger partial charge in [-0.25, -0.2) is 9.78 Å². The number of likely N-dealkylation sites (tertiary alicyclic amines) is 1. The number of hydrogen-bond acceptors (Lipinski definition) is 5. The minimum Gasteiger partial charge on any atom is -0.477 e. The minimum atomic E-state index is -1.04. The van der Waals surface area contributed by atoms with Crippen LogP contribution < -0.4 is 11.1 Å². The predicted octanol–water partition coefficient (Wildman–Crippen LogP) is 1.51. The van der Waals surface area contributed by atoms with Crippen LogP contribution in [0.1, 0.15) is 29.8 Å². The molecule has 0 unspecified atom stereocenters. The highest BCUT2D eigenvalue weighted by Crippen LogP contribution is 2.21. The summed E-state index contributed by atoms with van der Waals surface area (Å²) in [5, 5.41) is 12.1. The first kappa shape index (κ1) is 14.6. The number of rotatable bonds is 5. The SMILES string of the molecule is CN1CCC(CCNc2nc(C(=O)O)ccc2N)CC1. The Labute approximate surface area is 119 Å². The van der Waals surface area contributed by atoms with Crippen molar-refractivity contribution < 1.29 is 9.90 Å². The van der Waals surface area contributed by atoms with E-state index in [2.05, 4.69) is 22.2 Å². The van der Waals surface area contributed by atoms with Gasteiger partial charge in [-0.05, 0) is 57.5 Å². The quantitative estimate of drug-likeness (QED) is 0.756. The van der Waals surface area contributed by atoms with Gasteiger partial charge in [0.15, 0.2) is 5.69 Å². The number of aromatic carboxylic acids is 1. The molecule has 0 atom stereocenters. The Hall–Kier alpha value is -1.82. The van der Waals surface area contributed by atoms with E-state index in [4.69, 9.17) is 10.8 Å². The first-order valence-corrected chi connectivity index (χ1v) is 6.98. The van der Waals surface area contributed by atoms with Gasteiger partial charge in [-0.2, -0.15) is 0 Å². The van der Waals surface area contributed by atoms with Gasteiger partial charge in [0.05, 0.1) is 5.69 Å². The molecule has 110 valence electrons. The average molecular weight is 278 g/mol. The molecule has 0 amide bonds. The first-order valence-electron chi connectivity index (χ1n) is 6.98. The van der Waals surface area contributed by atoms with Gasteiger partial charge in [0, 0.05) is 6.54 Å². The monoisotopic (exact) mass is 278 g/mol. The highest BCUT2D eigenvalue weighted by molar-refractivity contribution is 5.86. The van der Waals surface area contributed by atoms with Crippen LogP contribution in [0, 0.1) is 5.92 Å². The standard InChI is InChI=1S/C14H22N4O2/c1-18-8-5-10(6-9-18)4-7-16-13-11(15)2-3-12(17-13)14(19)20/h2-3,10H,4-9,15H2,1H3,(H,16,17)(H,19,20). The van der Waals surface area contributed by atoms with Crippen molar-refractivity contribution in [1.82, 2.24) is 9.88 Å². The number of anilines is 2. The Kier molecular flexibility index (Phi) is 4.79. The lowest BCUT2D eigenvalue weighted by Crippen LogP contribution is -2.30. The van der Waals surface area contributed by atoms with E-state index < -0.39 is 5.97 Å². The summed E-state index contributed by atoms with van der Waals surface area (Å²) in [5.74, 6) is 0.156. The molecule has 6 nitrogen and oxygen atoms in total. The zero-order valence-corrected chi connectivity index (χ0v) is 11.8. The second-order valence-corrected chi connectivity index (χ2v) is 5.40. The molecule has 1 fully saturated rings. The van der Waals surface area contributed by atoms with Gasteiger partial charge in [-0.15, -0.1) is 0 Å². The molecule has 1 aromatic heterocycles. The number of carbonyl (C=O) groups is 1. The zero-order valence-electron chi connectivity index (χ0n) is 11.8. The predicted molar refractivity (Wildman–Crippen MR) is 78.9 cm³/mol. The Morgan fingerprint density at radius 3 is 2.85 bits per heavy atom. The molecule has 4 N–H and O–H groups in total. The molecule has 0 aliphatic carbocycles. The first-order chi connectivity index (χ1) is 9.56. The zero-order chi connectivity index (χ0) is 14.5. The largest absolute Gasteiger partial charge is 0.477 e. The minimum absolute atomic E-state index is 0.0148. The Bertz CT molecular complexity index is 470. The molecule has 2 rings (SSSR count). The van der Waals surface area contributed by atoms with Crippen molar-refractivity contribution in [2.24, 2.45) is 5.92 Å². The number of nitrogens with one attached hydrogen (secondary N) is 1. The summed E-state index contributed by atoms with van der Waals surface area (Å²) < 4.78 is 0. The second kappa shape index (κ2) is 6.56. The molecular formula is C14H22N4O2. The highest BCUT2D eigenvalue weighted by Gasteiger charge is 2.16. The van der Waals surface area contributed by atoms with Gasteiger partial charge in [0.1, 0.15) is 5.82 Å². The number of nitrogens with two attached hydrogens (primary N) is 1. The molecule has 1 saturated heterocycles. The summed E-state index contributed by atoms with van der Waals surface area (Å²) >= 11 is 0. The number of pyridine rings is 1. The maximum Gasteiger partial charge on any atom is 0.354 e.